The molecule has 5 rings (SSSR count). The summed E-state index contributed by atoms with van der Waals surface area (Å²) < 4.78 is 48.4. The summed E-state index contributed by atoms with van der Waals surface area (Å²) in [5, 5.41) is 27.9. The Morgan fingerprint density at radius 1 is 1.18 bits per heavy atom. The van der Waals surface area contributed by atoms with Crippen LogP contribution in [0.2, 0.25) is 0 Å². The van der Waals surface area contributed by atoms with Crippen LogP contribution in [0.1, 0.15) is 49.9 Å². The van der Waals surface area contributed by atoms with E-state index in [-0.39, 0.29) is 28.6 Å². The number of halogens is 2. The first kappa shape index (κ1) is 31.4. The van der Waals surface area contributed by atoms with Crippen LogP contribution in [0.15, 0.2) is 60.2 Å². The number of nitrogens with two attached hydrogens (primary N) is 1. The number of aromatic nitrogens is 1. The molecule has 3 aromatic rings. The largest absolute Gasteiger partial charge is 0.504 e. The van der Waals surface area contributed by atoms with Crippen molar-refractivity contribution in [2.75, 3.05) is 13.6 Å². The van der Waals surface area contributed by atoms with Gasteiger partial charge in [0.05, 0.1) is 6.20 Å². The number of aromatic hydroxyl groups is 1. The number of nitrogens with one attached hydrogen (secondary N) is 1. The first-order valence-electron chi connectivity index (χ1n) is 14.2. The van der Waals surface area contributed by atoms with Gasteiger partial charge in [-0.3, -0.25) is 20.1 Å². The molecule has 1 aliphatic carbocycles. The molecule has 1 saturated carbocycles. The summed E-state index contributed by atoms with van der Waals surface area (Å²) in [4.78, 5) is 22.4. The van der Waals surface area contributed by atoms with Crippen molar-refractivity contribution in [1.29, 1.82) is 5.41 Å². The maximum absolute atomic E-state index is 15.7. The van der Waals surface area contributed by atoms with Crippen LogP contribution in [0.3, 0.4) is 0 Å². The van der Waals surface area contributed by atoms with E-state index in [1.807, 2.05) is 11.9 Å². The maximum Gasteiger partial charge on any atom is 0.313 e. The summed E-state index contributed by atoms with van der Waals surface area (Å²) in [6.45, 7) is 6.06. The number of hydrogen-bond donors (Lipinski definition) is 4. The molecule has 1 aliphatic heterocycles. The molecule has 0 spiro atoms. The second-order valence-electron chi connectivity index (χ2n) is 11.2. The Morgan fingerprint density at radius 3 is 2.60 bits per heavy atom. The highest BCUT2D eigenvalue weighted by atomic mass is 19.1. The Labute approximate surface area is 258 Å². The Balaban J connectivity index is 1.52. The van der Waals surface area contributed by atoms with Crippen LogP contribution in [0, 0.1) is 22.5 Å². The van der Waals surface area contributed by atoms with E-state index in [0.29, 0.717) is 36.9 Å². The number of aliphatic carboxylic acids is 1. The number of amidine groups is 1. The third kappa shape index (κ3) is 5.78. The number of pyridine rings is 1. The number of benzene rings is 2. The lowest BCUT2D eigenvalue weighted by atomic mass is 9.64. The molecule has 2 aliphatic rings. The van der Waals surface area contributed by atoms with E-state index in [2.05, 4.69) is 16.6 Å². The minimum Gasteiger partial charge on any atom is -0.504 e. The fourth-order valence-electron chi connectivity index (χ4n) is 5.65. The Morgan fingerprint density at radius 2 is 1.93 bits per heavy atom. The molecule has 3 atom stereocenters. The monoisotopic (exact) mass is 621 g/mol. The van der Waals surface area contributed by atoms with Gasteiger partial charge in [-0.2, -0.15) is 4.39 Å². The van der Waals surface area contributed by atoms with E-state index in [1.165, 1.54) is 36.4 Å². The lowest BCUT2D eigenvalue weighted by Gasteiger charge is -2.47. The SMILES string of the molecule is C=CC1(Oc2ccc(Oc3c(F)cnc(Oc4cc(C(=N)N)ccc4O)c3F)c(C3N=CCN3C)c2)CCCCC1(C)C(=O)O. The number of carboxylic acid groups (broad SMARTS) is 1. The molecule has 3 unspecified atom stereocenters. The zero-order valence-electron chi connectivity index (χ0n) is 24.7. The van der Waals surface area contributed by atoms with E-state index in [4.69, 9.17) is 25.4 Å². The molecular weight excluding hydrogens is 588 g/mol. The Hall–Kier alpha value is -5.04. The van der Waals surface area contributed by atoms with Gasteiger partial charge < -0.3 is 30.2 Å². The number of nitrogens with zero attached hydrogens (tertiary/aromatic N) is 3. The normalized spacial score (nSPS) is 23.0. The molecule has 5 N–H and O–H groups in total. The van der Waals surface area contributed by atoms with E-state index >= 15 is 8.78 Å². The molecule has 1 aromatic heterocycles. The predicted molar refractivity (Wildman–Crippen MR) is 161 cm³/mol. The van der Waals surface area contributed by atoms with Gasteiger partial charge in [-0.1, -0.05) is 13.0 Å². The van der Waals surface area contributed by atoms with Crippen molar-refractivity contribution in [2.24, 2.45) is 16.1 Å². The molecule has 2 aromatic carbocycles. The third-order valence-electron chi connectivity index (χ3n) is 8.39. The number of rotatable bonds is 10. The molecule has 11 nitrogen and oxygen atoms in total. The Bertz CT molecular complexity index is 1700. The third-order valence-corrected chi connectivity index (χ3v) is 8.39. The summed E-state index contributed by atoms with van der Waals surface area (Å²) in [6, 6.07) is 8.40. The zero-order chi connectivity index (χ0) is 32.5. The molecule has 0 amide bonds. The number of nitrogen functional groups attached to an aromatic ring is 1. The van der Waals surface area contributed by atoms with Crippen molar-refractivity contribution in [3.63, 3.8) is 0 Å². The first-order valence-corrected chi connectivity index (χ1v) is 14.2. The zero-order valence-corrected chi connectivity index (χ0v) is 24.7. The van der Waals surface area contributed by atoms with Gasteiger partial charge in [0.25, 0.3) is 5.88 Å². The number of phenolic OH excluding ortho intramolecular Hbond substituents is 1. The van der Waals surface area contributed by atoms with Gasteiger partial charge in [0.2, 0.25) is 11.6 Å². The second kappa shape index (κ2) is 12.2. The van der Waals surface area contributed by atoms with Crippen molar-refractivity contribution < 1.29 is 38.0 Å². The van der Waals surface area contributed by atoms with Gasteiger partial charge in [0.15, 0.2) is 17.3 Å². The quantitative estimate of drug-likeness (QED) is 0.122. The van der Waals surface area contributed by atoms with Gasteiger partial charge in [-0.15, -0.1) is 0 Å². The van der Waals surface area contributed by atoms with Crippen LogP contribution in [0.4, 0.5) is 8.78 Å². The summed E-state index contributed by atoms with van der Waals surface area (Å²) in [7, 11) is 1.81. The number of aliphatic imine (C=N–C) groups is 1. The molecule has 0 radical (unpaired) electrons. The van der Waals surface area contributed by atoms with Crippen molar-refractivity contribution in [2.45, 2.75) is 44.4 Å². The summed E-state index contributed by atoms with van der Waals surface area (Å²) in [5.74, 6) is -5.53. The minimum atomic E-state index is -1.29. The molecule has 2 heterocycles. The maximum atomic E-state index is 15.7. The summed E-state index contributed by atoms with van der Waals surface area (Å²) in [5.41, 5.74) is 3.66. The van der Waals surface area contributed by atoms with Crippen LogP contribution in [0.5, 0.6) is 34.6 Å². The van der Waals surface area contributed by atoms with Crippen molar-refractivity contribution in [3.05, 3.63) is 78.0 Å². The van der Waals surface area contributed by atoms with E-state index in [1.54, 1.807) is 19.2 Å². The number of carbonyl (C=O) groups is 1. The minimum absolute atomic E-state index is 0.0481. The molecular formula is C32H33F2N5O6. The highest BCUT2D eigenvalue weighted by Crippen LogP contribution is 2.49. The van der Waals surface area contributed by atoms with E-state index in [0.717, 1.165) is 12.8 Å². The second-order valence-corrected chi connectivity index (χ2v) is 11.2. The van der Waals surface area contributed by atoms with Crippen molar-refractivity contribution in [3.8, 4) is 34.6 Å². The van der Waals surface area contributed by atoms with Crippen molar-refractivity contribution >= 4 is 18.0 Å². The highest BCUT2D eigenvalue weighted by molar-refractivity contribution is 5.95. The molecule has 13 heteroatoms. The average molecular weight is 622 g/mol. The van der Waals surface area contributed by atoms with Crippen LogP contribution in [0.25, 0.3) is 0 Å². The van der Waals surface area contributed by atoms with Crippen molar-refractivity contribution in [1.82, 2.24) is 9.88 Å². The predicted octanol–water partition coefficient (Wildman–Crippen LogP) is 5.92. The molecule has 0 saturated heterocycles. The molecule has 45 heavy (non-hydrogen) atoms. The van der Waals surface area contributed by atoms with Gasteiger partial charge >= 0.3 is 5.97 Å². The van der Waals surface area contributed by atoms with Crippen LogP contribution < -0.4 is 19.9 Å². The number of ether oxygens (including phenoxy) is 3. The number of hydrogen-bond acceptors (Lipinski definition) is 9. The standard InChI is InChI=1S/C32H33F2N5O6/c1-4-32(12-6-5-11-31(32,2)30(41)42)45-19-8-10-23(20(16-19)28-37-13-14-39(28)3)43-26-21(33)17-38-29(25(26)34)44-24-15-18(27(35)36)7-9-22(24)40/h4,7-10,13,15-17,28,40H,1,5-6,11-12,14H2,2-3H3,(H3,35,36)(H,41,42). The number of phenols is 1. The topological polar surface area (TPSA) is 164 Å². The van der Waals surface area contributed by atoms with Gasteiger partial charge in [0, 0.05) is 23.9 Å². The van der Waals surface area contributed by atoms with Gasteiger partial charge in [-0.25, -0.2) is 9.37 Å². The molecule has 0 bridgehead atoms. The van der Waals surface area contributed by atoms with Crippen LogP contribution in [-0.2, 0) is 4.79 Å². The molecule has 1 fully saturated rings. The lowest BCUT2D eigenvalue weighted by molar-refractivity contribution is -0.163. The van der Waals surface area contributed by atoms with E-state index < -0.39 is 46.4 Å². The summed E-state index contributed by atoms with van der Waals surface area (Å²) >= 11 is 0. The number of carboxylic acids is 1. The fourth-order valence-corrected chi connectivity index (χ4v) is 5.65. The van der Waals surface area contributed by atoms with Gasteiger partial charge in [0.1, 0.15) is 34.5 Å². The Kier molecular flexibility index (Phi) is 8.48. The lowest BCUT2D eigenvalue weighted by Crippen LogP contribution is -2.56. The van der Waals surface area contributed by atoms with Gasteiger partial charge in [-0.05, 0) is 75.7 Å². The fraction of sp³-hybridized carbons (Fsp3) is 0.312. The smallest absolute Gasteiger partial charge is 0.313 e. The highest BCUT2D eigenvalue weighted by Gasteiger charge is 2.55. The van der Waals surface area contributed by atoms with Crippen LogP contribution >= 0.6 is 0 Å². The average Bonchev–Trinajstić information content (AvgIpc) is 3.44. The molecule has 236 valence electrons. The van der Waals surface area contributed by atoms with E-state index in [9.17, 15) is 15.0 Å². The van der Waals surface area contributed by atoms with Crippen LogP contribution in [-0.4, -0.2) is 57.3 Å². The summed E-state index contributed by atoms with van der Waals surface area (Å²) in [6.07, 6.45) is 5.66. The first-order chi connectivity index (χ1) is 21.4.